The third kappa shape index (κ3) is 4.07. The van der Waals surface area contributed by atoms with Gasteiger partial charge in [-0.3, -0.25) is 10.1 Å². The lowest BCUT2D eigenvalue weighted by atomic mass is 10.1. The fourth-order valence-corrected chi connectivity index (χ4v) is 4.17. The van der Waals surface area contributed by atoms with E-state index >= 15 is 0 Å². The lowest BCUT2D eigenvalue weighted by Crippen LogP contribution is -2.15. The zero-order valence-electron chi connectivity index (χ0n) is 16.0. The third-order valence-corrected chi connectivity index (χ3v) is 5.73. The monoisotopic (exact) mass is 462 g/mol. The van der Waals surface area contributed by atoms with Gasteiger partial charge in [-0.05, 0) is 35.9 Å². The van der Waals surface area contributed by atoms with Crippen LogP contribution in [0.2, 0.25) is 10.0 Å². The van der Waals surface area contributed by atoms with Crippen LogP contribution in [0.1, 0.15) is 5.56 Å². The largest absolute Gasteiger partial charge is 0.493 e. The van der Waals surface area contributed by atoms with E-state index < -0.39 is 0 Å². The summed E-state index contributed by atoms with van der Waals surface area (Å²) in [5.41, 5.74) is 2.26. The highest BCUT2D eigenvalue weighted by atomic mass is 35.5. The maximum Gasteiger partial charge on any atom is 0.250 e. The lowest BCUT2D eigenvalue weighted by Gasteiger charge is -2.09. The van der Waals surface area contributed by atoms with Gasteiger partial charge in [0.2, 0.25) is 16.8 Å². The average molecular weight is 463 g/mol. The molecule has 1 amide bonds. The fraction of sp³-hybridized carbons (Fsp3) is 0.150. The summed E-state index contributed by atoms with van der Waals surface area (Å²) >= 11 is 13.8. The van der Waals surface area contributed by atoms with Crippen LogP contribution in [0.15, 0.2) is 41.8 Å². The number of nitrogens with one attached hydrogen (secondary N) is 1. The van der Waals surface area contributed by atoms with Crippen molar-refractivity contribution in [2.45, 2.75) is 6.42 Å². The Morgan fingerprint density at radius 1 is 1.13 bits per heavy atom. The minimum atomic E-state index is -0.247. The summed E-state index contributed by atoms with van der Waals surface area (Å²) in [5.74, 6) is 1.13. The van der Waals surface area contributed by atoms with E-state index in [0.29, 0.717) is 26.5 Å². The number of hydrogen-bond acceptors (Lipinski definition) is 6. The van der Waals surface area contributed by atoms with Crippen LogP contribution >= 0.6 is 34.5 Å². The number of hydrogen-bond donors (Lipinski definition) is 1. The Bertz CT molecular complexity index is 1240. The molecule has 0 fully saturated rings. The number of ether oxygens (including phenoxy) is 2. The zero-order chi connectivity index (χ0) is 21.3. The Balaban J connectivity index is 1.54. The van der Waals surface area contributed by atoms with E-state index in [1.165, 1.54) is 11.3 Å². The maximum atomic E-state index is 12.5. The highest BCUT2D eigenvalue weighted by molar-refractivity contribution is 7.15. The van der Waals surface area contributed by atoms with Gasteiger partial charge in [-0.15, -0.1) is 16.4 Å². The summed E-state index contributed by atoms with van der Waals surface area (Å²) in [4.78, 5) is 17.5. The molecule has 2 aromatic heterocycles. The van der Waals surface area contributed by atoms with Crippen LogP contribution in [-0.2, 0) is 11.2 Å². The number of methoxy groups -OCH3 is 2. The number of fused-ring (bicyclic) bond motifs is 1. The van der Waals surface area contributed by atoms with Gasteiger partial charge in [0.15, 0.2) is 11.5 Å². The Morgan fingerprint density at radius 2 is 1.93 bits per heavy atom. The number of anilines is 1. The minimum Gasteiger partial charge on any atom is -0.493 e. The Morgan fingerprint density at radius 3 is 2.70 bits per heavy atom. The van der Waals surface area contributed by atoms with Crippen molar-refractivity contribution in [2.75, 3.05) is 19.5 Å². The van der Waals surface area contributed by atoms with Gasteiger partial charge in [-0.25, -0.2) is 4.52 Å². The van der Waals surface area contributed by atoms with E-state index in [4.69, 9.17) is 32.7 Å². The van der Waals surface area contributed by atoms with Crippen molar-refractivity contribution in [2.24, 2.45) is 0 Å². The SMILES string of the molecule is COc1ccc(CC(=O)Nc2nc3scc(-c4cc(Cl)ccc4Cl)n3n2)cc1OC. The first kappa shape index (κ1) is 20.5. The molecule has 0 saturated heterocycles. The summed E-state index contributed by atoms with van der Waals surface area (Å²) in [6.07, 6.45) is 0.139. The highest BCUT2D eigenvalue weighted by Crippen LogP contribution is 2.33. The summed E-state index contributed by atoms with van der Waals surface area (Å²) < 4.78 is 12.1. The predicted octanol–water partition coefficient (Wildman–Crippen LogP) is 4.96. The third-order valence-electron chi connectivity index (χ3n) is 4.35. The second kappa shape index (κ2) is 8.51. The molecule has 154 valence electrons. The first-order chi connectivity index (χ1) is 14.5. The quantitative estimate of drug-likeness (QED) is 0.437. The molecule has 0 aliphatic rings. The molecule has 0 aliphatic heterocycles. The average Bonchev–Trinajstić information content (AvgIpc) is 3.29. The van der Waals surface area contributed by atoms with Gasteiger partial charge in [0.1, 0.15) is 0 Å². The van der Waals surface area contributed by atoms with Crippen LogP contribution in [0.3, 0.4) is 0 Å². The molecule has 0 saturated carbocycles. The van der Waals surface area contributed by atoms with Crippen LogP contribution in [0, 0.1) is 0 Å². The Kier molecular flexibility index (Phi) is 5.80. The molecule has 2 heterocycles. The van der Waals surface area contributed by atoms with Crippen molar-refractivity contribution in [3.05, 3.63) is 57.4 Å². The lowest BCUT2D eigenvalue weighted by molar-refractivity contribution is -0.115. The number of nitrogens with zero attached hydrogens (tertiary/aromatic N) is 3. The van der Waals surface area contributed by atoms with Gasteiger partial charge in [0.25, 0.3) is 0 Å². The van der Waals surface area contributed by atoms with Gasteiger partial charge in [-0.1, -0.05) is 29.3 Å². The first-order valence-corrected chi connectivity index (χ1v) is 10.4. The van der Waals surface area contributed by atoms with E-state index in [-0.39, 0.29) is 18.3 Å². The van der Waals surface area contributed by atoms with E-state index in [0.717, 1.165) is 16.8 Å². The van der Waals surface area contributed by atoms with Crippen LogP contribution < -0.4 is 14.8 Å². The van der Waals surface area contributed by atoms with Crippen LogP contribution in [-0.4, -0.2) is 34.7 Å². The molecule has 4 aromatic rings. The molecular weight excluding hydrogens is 447 g/mol. The summed E-state index contributed by atoms with van der Waals surface area (Å²) in [5, 5.41) is 10.1. The molecule has 0 aliphatic carbocycles. The molecular formula is C20H16Cl2N4O3S. The van der Waals surface area contributed by atoms with Crippen molar-refractivity contribution >= 4 is 51.4 Å². The fourth-order valence-electron chi connectivity index (χ4n) is 2.96. The highest BCUT2D eigenvalue weighted by Gasteiger charge is 2.16. The second-order valence-corrected chi connectivity index (χ2v) is 7.97. The Hall–Kier alpha value is -2.81. The smallest absolute Gasteiger partial charge is 0.250 e. The molecule has 0 bridgehead atoms. The minimum absolute atomic E-state index is 0.139. The van der Waals surface area contributed by atoms with Crippen LogP contribution in [0.4, 0.5) is 5.95 Å². The summed E-state index contributed by atoms with van der Waals surface area (Å²) in [6, 6.07) is 10.5. The standard InChI is InChI=1S/C20H16Cl2N4O3S/c1-28-16-6-3-11(7-17(16)29-2)8-18(27)23-19-24-20-26(25-19)15(10-30-20)13-9-12(21)4-5-14(13)22/h3-7,9-10H,8H2,1-2H3,(H,23,25,27). The van der Waals surface area contributed by atoms with Crippen LogP contribution in [0.25, 0.3) is 16.2 Å². The molecule has 0 spiro atoms. The number of aromatic nitrogens is 3. The number of amides is 1. The molecule has 10 heteroatoms. The molecule has 0 atom stereocenters. The van der Waals surface area contributed by atoms with Gasteiger partial charge >= 0.3 is 0 Å². The normalized spacial score (nSPS) is 10.9. The Labute approximate surface area is 186 Å². The zero-order valence-corrected chi connectivity index (χ0v) is 18.3. The summed E-state index contributed by atoms with van der Waals surface area (Å²) in [6.45, 7) is 0. The molecule has 30 heavy (non-hydrogen) atoms. The first-order valence-electron chi connectivity index (χ1n) is 8.79. The number of benzene rings is 2. The van der Waals surface area contributed by atoms with E-state index in [1.54, 1.807) is 55.1 Å². The molecule has 0 radical (unpaired) electrons. The van der Waals surface area contributed by atoms with Gasteiger partial charge in [-0.2, -0.15) is 4.98 Å². The van der Waals surface area contributed by atoms with Crippen molar-refractivity contribution in [3.63, 3.8) is 0 Å². The van der Waals surface area contributed by atoms with Crippen molar-refractivity contribution < 1.29 is 14.3 Å². The van der Waals surface area contributed by atoms with Gasteiger partial charge in [0, 0.05) is 16.0 Å². The molecule has 7 nitrogen and oxygen atoms in total. The van der Waals surface area contributed by atoms with Crippen molar-refractivity contribution in [3.8, 4) is 22.8 Å². The van der Waals surface area contributed by atoms with Gasteiger partial charge in [0.05, 0.1) is 31.4 Å². The maximum absolute atomic E-state index is 12.5. The molecule has 0 unspecified atom stereocenters. The van der Waals surface area contributed by atoms with E-state index in [2.05, 4.69) is 15.4 Å². The topological polar surface area (TPSA) is 77.8 Å². The van der Waals surface area contributed by atoms with Crippen LogP contribution in [0.5, 0.6) is 11.5 Å². The molecule has 1 N–H and O–H groups in total. The number of carbonyl (C=O) groups excluding carboxylic acids is 1. The molecule has 2 aromatic carbocycles. The number of halogens is 2. The number of thiazole rings is 1. The summed E-state index contributed by atoms with van der Waals surface area (Å²) in [7, 11) is 3.11. The van der Waals surface area contributed by atoms with Gasteiger partial charge < -0.3 is 9.47 Å². The van der Waals surface area contributed by atoms with E-state index in [1.807, 2.05) is 5.38 Å². The second-order valence-electron chi connectivity index (χ2n) is 6.29. The molecule has 4 rings (SSSR count). The van der Waals surface area contributed by atoms with Crippen molar-refractivity contribution in [1.29, 1.82) is 0 Å². The predicted molar refractivity (Wildman–Crippen MR) is 118 cm³/mol. The van der Waals surface area contributed by atoms with E-state index in [9.17, 15) is 4.79 Å². The number of rotatable bonds is 6. The number of carbonyl (C=O) groups is 1. The van der Waals surface area contributed by atoms with Crippen molar-refractivity contribution in [1.82, 2.24) is 14.6 Å².